The van der Waals surface area contributed by atoms with E-state index in [0.29, 0.717) is 13.0 Å². The Kier molecular flexibility index (Phi) is 6.07. The Morgan fingerprint density at radius 3 is 2.88 bits per heavy atom. The van der Waals surface area contributed by atoms with Gasteiger partial charge in [-0.25, -0.2) is 13.8 Å². The van der Waals surface area contributed by atoms with Gasteiger partial charge in [-0.2, -0.15) is 0 Å². The average Bonchev–Trinajstić information content (AvgIpc) is 2.77. The summed E-state index contributed by atoms with van der Waals surface area (Å²) in [5.74, 6) is 0.913. The van der Waals surface area contributed by atoms with E-state index in [9.17, 15) is 8.78 Å². The van der Waals surface area contributed by atoms with Crippen LogP contribution in [0, 0.1) is 0 Å². The fraction of sp³-hybridized carbons (Fsp3) is 0.727. The molecule has 4 nitrogen and oxygen atoms in total. The molecule has 1 aromatic heterocycles. The molecule has 0 fully saturated rings. The smallest absolute Gasteiger partial charge is 0.261 e. The second kappa shape index (κ2) is 7.34. The van der Waals surface area contributed by atoms with E-state index in [2.05, 4.69) is 10.3 Å². The van der Waals surface area contributed by atoms with Crippen molar-refractivity contribution in [1.82, 2.24) is 14.9 Å². The van der Waals surface area contributed by atoms with E-state index in [4.69, 9.17) is 4.74 Å². The number of nitrogens with one attached hydrogen (secondary N) is 1. The van der Waals surface area contributed by atoms with Gasteiger partial charge in [-0.15, -0.1) is 0 Å². The highest BCUT2D eigenvalue weighted by atomic mass is 19.3. The van der Waals surface area contributed by atoms with Gasteiger partial charge in [0, 0.05) is 25.5 Å². The standard InChI is InChI=1S/C11H19F2N3O/c1-3-16-6-5-15-11(16)9(14-2)4-7-17-8-10(12)13/h5-6,9-10,14H,3-4,7-8H2,1-2H3. The number of halogens is 2. The van der Waals surface area contributed by atoms with Gasteiger partial charge in [-0.3, -0.25) is 0 Å². The summed E-state index contributed by atoms with van der Waals surface area (Å²) < 4.78 is 30.6. The normalized spacial score (nSPS) is 13.2. The first-order chi connectivity index (χ1) is 8.19. The zero-order valence-electron chi connectivity index (χ0n) is 10.2. The van der Waals surface area contributed by atoms with Crippen LogP contribution in [0.3, 0.4) is 0 Å². The first kappa shape index (κ1) is 14.1. The lowest BCUT2D eigenvalue weighted by atomic mass is 10.2. The van der Waals surface area contributed by atoms with Gasteiger partial charge in [-0.1, -0.05) is 0 Å². The second-order valence-electron chi connectivity index (χ2n) is 3.67. The molecule has 0 amide bonds. The van der Waals surface area contributed by atoms with E-state index in [0.717, 1.165) is 12.4 Å². The van der Waals surface area contributed by atoms with Crippen molar-refractivity contribution < 1.29 is 13.5 Å². The summed E-state index contributed by atoms with van der Waals surface area (Å²) in [6.45, 7) is 2.67. The third-order valence-electron chi connectivity index (χ3n) is 2.54. The zero-order chi connectivity index (χ0) is 12.7. The molecule has 1 N–H and O–H groups in total. The highest BCUT2D eigenvalue weighted by molar-refractivity contribution is 4.99. The fourth-order valence-electron chi connectivity index (χ4n) is 1.67. The van der Waals surface area contributed by atoms with Crippen molar-refractivity contribution in [2.45, 2.75) is 32.4 Å². The molecule has 1 atom stereocenters. The summed E-state index contributed by atoms with van der Waals surface area (Å²) in [5.41, 5.74) is 0. The molecule has 1 unspecified atom stereocenters. The molecule has 0 aliphatic rings. The molecule has 0 spiro atoms. The monoisotopic (exact) mass is 247 g/mol. The maximum Gasteiger partial charge on any atom is 0.261 e. The van der Waals surface area contributed by atoms with Gasteiger partial charge in [-0.05, 0) is 20.4 Å². The van der Waals surface area contributed by atoms with Crippen molar-refractivity contribution in [3.05, 3.63) is 18.2 Å². The maximum absolute atomic E-state index is 11.9. The number of ether oxygens (including phenoxy) is 1. The number of nitrogens with zero attached hydrogens (tertiary/aromatic N) is 2. The minimum absolute atomic E-state index is 0.0302. The van der Waals surface area contributed by atoms with Crippen LogP contribution in [0.15, 0.2) is 12.4 Å². The maximum atomic E-state index is 11.9. The van der Waals surface area contributed by atoms with Crippen LogP contribution in [-0.2, 0) is 11.3 Å². The van der Waals surface area contributed by atoms with Crippen molar-refractivity contribution in [2.24, 2.45) is 0 Å². The SMILES string of the molecule is CCn1ccnc1C(CCOCC(F)F)NC. The lowest BCUT2D eigenvalue weighted by Crippen LogP contribution is -2.22. The molecule has 1 rings (SSSR count). The molecule has 0 bridgehead atoms. The van der Waals surface area contributed by atoms with E-state index < -0.39 is 13.0 Å². The molecule has 1 heterocycles. The van der Waals surface area contributed by atoms with Gasteiger partial charge in [0.05, 0.1) is 6.04 Å². The predicted molar refractivity (Wildman–Crippen MR) is 61.1 cm³/mol. The molecule has 17 heavy (non-hydrogen) atoms. The summed E-state index contributed by atoms with van der Waals surface area (Å²) in [7, 11) is 1.83. The van der Waals surface area contributed by atoms with Crippen molar-refractivity contribution >= 4 is 0 Å². The van der Waals surface area contributed by atoms with Crippen LogP contribution >= 0.6 is 0 Å². The van der Waals surface area contributed by atoms with Gasteiger partial charge in [0.15, 0.2) is 0 Å². The van der Waals surface area contributed by atoms with E-state index in [1.165, 1.54) is 0 Å². The zero-order valence-corrected chi connectivity index (χ0v) is 10.2. The highest BCUT2D eigenvalue weighted by Gasteiger charge is 2.14. The molecule has 0 aliphatic heterocycles. The summed E-state index contributed by atoms with van der Waals surface area (Å²) in [6, 6.07) is 0.0302. The summed E-state index contributed by atoms with van der Waals surface area (Å²) >= 11 is 0. The predicted octanol–water partition coefficient (Wildman–Crippen LogP) is 1.84. The molecular formula is C11H19F2N3O. The van der Waals surface area contributed by atoms with E-state index in [-0.39, 0.29) is 6.04 Å². The molecular weight excluding hydrogens is 228 g/mol. The molecule has 0 saturated carbocycles. The summed E-state index contributed by atoms with van der Waals surface area (Å²) in [5, 5.41) is 3.12. The Hall–Kier alpha value is -1.01. The number of hydrogen-bond donors (Lipinski definition) is 1. The Balaban J connectivity index is 2.43. The molecule has 0 saturated heterocycles. The van der Waals surface area contributed by atoms with E-state index >= 15 is 0 Å². The van der Waals surface area contributed by atoms with Crippen molar-refractivity contribution in [2.75, 3.05) is 20.3 Å². The Labute approximate surface area is 100.0 Å². The minimum Gasteiger partial charge on any atom is -0.375 e. The van der Waals surface area contributed by atoms with Gasteiger partial charge in [0.1, 0.15) is 12.4 Å². The average molecular weight is 247 g/mol. The number of imidazole rings is 1. The quantitative estimate of drug-likeness (QED) is 0.712. The van der Waals surface area contributed by atoms with Gasteiger partial charge < -0.3 is 14.6 Å². The first-order valence-electron chi connectivity index (χ1n) is 5.73. The van der Waals surface area contributed by atoms with Crippen LogP contribution < -0.4 is 5.32 Å². The lowest BCUT2D eigenvalue weighted by Gasteiger charge is -2.17. The van der Waals surface area contributed by atoms with Crippen LogP contribution in [0.5, 0.6) is 0 Å². The van der Waals surface area contributed by atoms with E-state index in [1.54, 1.807) is 6.20 Å². The van der Waals surface area contributed by atoms with Crippen LogP contribution in [0.2, 0.25) is 0 Å². The van der Waals surface area contributed by atoms with Gasteiger partial charge in [0.25, 0.3) is 6.43 Å². The first-order valence-corrected chi connectivity index (χ1v) is 5.73. The fourth-order valence-corrected chi connectivity index (χ4v) is 1.67. The van der Waals surface area contributed by atoms with Gasteiger partial charge >= 0.3 is 0 Å². The minimum atomic E-state index is -2.40. The number of hydrogen-bond acceptors (Lipinski definition) is 3. The summed E-state index contributed by atoms with van der Waals surface area (Å²) in [6.07, 6.45) is 1.86. The Morgan fingerprint density at radius 2 is 2.29 bits per heavy atom. The molecule has 0 aromatic carbocycles. The number of aromatic nitrogens is 2. The number of aryl methyl sites for hydroxylation is 1. The lowest BCUT2D eigenvalue weighted by molar-refractivity contribution is 0.0142. The summed E-state index contributed by atoms with van der Waals surface area (Å²) in [4.78, 5) is 4.27. The van der Waals surface area contributed by atoms with Gasteiger partial charge in [0.2, 0.25) is 0 Å². The van der Waals surface area contributed by atoms with Crippen molar-refractivity contribution in [3.8, 4) is 0 Å². The third kappa shape index (κ3) is 4.40. The number of rotatable bonds is 8. The largest absolute Gasteiger partial charge is 0.375 e. The van der Waals surface area contributed by atoms with Crippen molar-refractivity contribution in [3.63, 3.8) is 0 Å². The van der Waals surface area contributed by atoms with E-state index in [1.807, 2.05) is 24.7 Å². The van der Waals surface area contributed by atoms with Crippen molar-refractivity contribution in [1.29, 1.82) is 0 Å². The number of alkyl halides is 2. The van der Waals surface area contributed by atoms with Crippen LogP contribution in [0.4, 0.5) is 8.78 Å². The van der Waals surface area contributed by atoms with Crippen LogP contribution in [0.25, 0.3) is 0 Å². The Bertz CT molecular complexity index is 317. The highest BCUT2D eigenvalue weighted by Crippen LogP contribution is 2.14. The molecule has 0 aliphatic carbocycles. The molecule has 0 radical (unpaired) electrons. The topological polar surface area (TPSA) is 39.1 Å². The molecule has 6 heteroatoms. The Morgan fingerprint density at radius 1 is 1.53 bits per heavy atom. The molecule has 98 valence electrons. The van der Waals surface area contributed by atoms with Crippen LogP contribution in [-0.4, -0.2) is 36.2 Å². The van der Waals surface area contributed by atoms with Crippen LogP contribution in [0.1, 0.15) is 25.2 Å². The molecule has 1 aromatic rings. The third-order valence-corrected chi connectivity index (χ3v) is 2.54. The second-order valence-corrected chi connectivity index (χ2v) is 3.67.